The quantitative estimate of drug-likeness (QED) is 0.569. The van der Waals surface area contributed by atoms with Crippen LogP contribution >= 0.6 is 0 Å². The van der Waals surface area contributed by atoms with Crippen LogP contribution in [0.3, 0.4) is 0 Å². The fraction of sp³-hybridized carbons (Fsp3) is 0.280. The van der Waals surface area contributed by atoms with E-state index in [1.165, 1.54) is 11.1 Å². The molecule has 0 amide bonds. The average molecular weight is 387 g/mol. The Balaban J connectivity index is 1.50. The number of carboxylic acids is 1. The van der Waals surface area contributed by atoms with E-state index in [1.807, 2.05) is 31.2 Å². The molecule has 0 saturated heterocycles. The van der Waals surface area contributed by atoms with E-state index in [0.717, 1.165) is 54.7 Å². The lowest BCUT2D eigenvalue weighted by molar-refractivity contribution is 0.0695. The van der Waals surface area contributed by atoms with Crippen molar-refractivity contribution in [3.8, 4) is 11.5 Å². The lowest BCUT2D eigenvalue weighted by Crippen LogP contribution is -2.12. The summed E-state index contributed by atoms with van der Waals surface area (Å²) in [5, 5.41) is 9.39. The van der Waals surface area contributed by atoms with Gasteiger partial charge in [0.2, 0.25) is 0 Å². The molecule has 0 fully saturated rings. The van der Waals surface area contributed by atoms with Gasteiger partial charge in [-0.05, 0) is 91.5 Å². The number of para-hydroxylation sites is 1. The molecule has 29 heavy (non-hydrogen) atoms. The van der Waals surface area contributed by atoms with Gasteiger partial charge in [0.05, 0.1) is 5.56 Å². The first kappa shape index (κ1) is 19.2. The van der Waals surface area contributed by atoms with Crippen LogP contribution in [0.4, 0.5) is 0 Å². The third-order valence-corrected chi connectivity index (χ3v) is 5.77. The van der Waals surface area contributed by atoms with Crippen LogP contribution in [0.2, 0.25) is 0 Å². The topological polar surface area (TPSA) is 59.4 Å². The third-order valence-electron chi connectivity index (χ3n) is 5.77. The summed E-state index contributed by atoms with van der Waals surface area (Å²) < 4.78 is 6.11. The number of hydrogen-bond donors (Lipinski definition) is 1. The monoisotopic (exact) mass is 387 g/mol. The van der Waals surface area contributed by atoms with Crippen LogP contribution in [0.1, 0.15) is 57.8 Å². The minimum atomic E-state index is -0.885. The second kappa shape index (κ2) is 8.48. The van der Waals surface area contributed by atoms with Crippen LogP contribution in [-0.4, -0.2) is 16.1 Å². The Morgan fingerprint density at radius 2 is 2.07 bits per heavy atom. The summed E-state index contributed by atoms with van der Waals surface area (Å²) in [4.78, 5) is 15.6. The maximum atomic E-state index is 11.4. The Hall–Kier alpha value is -3.14. The highest BCUT2D eigenvalue weighted by Gasteiger charge is 2.22. The molecule has 4 heteroatoms. The molecule has 4 rings (SSSR count). The minimum absolute atomic E-state index is 0.359. The van der Waals surface area contributed by atoms with Gasteiger partial charge in [-0.15, -0.1) is 0 Å². The molecule has 3 aromatic rings. The van der Waals surface area contributed by atoms with Crippen molar-refractivity contribution in [1.82, 2.24) is 4.98 Å². The molecule has 1 aromatic heterocycles. The van der Waals surface area contributed by atoms with Crippen LogP contribution in [-0.2, 0) is 12.8 Å². The number of carbonyl (C=O) groups is 1. The van der Waals surface area contributed by atoms with Gasteiger partial charge >= 0.3 is 5.97 Å². The molecule has 0 radical (unpaired) electrons. The Morgan fingerprint density at radius 1 is 1.21 bits per heavy atom. The van der Waals surface area contributed by atoms with Crippen LogP contribution in [0.5, 0.6) is 11.5 Å². The summed E-state index contributed by atoms with van der Waals surface area (Å²) in [7, 11) is 0. The first-order valence-corrected chi connectivity index (χ1v) is 10.1. The van der Waals surface area contributed by atoms with Crippen molar-refractivity contribution in [3.63, 3.8) is 0 Å². The molecule has 0 saturated carbocycles. The van der Waals surface area contributed by atoms with E-state index in [1.54, 1.807) is 18.5 Å². The third kappa shape index (κ3) is 4.32. The van der Waals surface area contributed by atoms with E-state index in [9.17, 15) is 9.90 Å². The van der Waals surface area contributed by atoms with Crippen LogP contribution in [0.25, 0.3) is 0 Å². The predicted octanol–water partition coefficient (Wildman–Crippen LogP) is 5.93. The van der Waals surface area contributed by atoms with Gasteiger partial charge in [0.1, 0.15) is 11.5 Å². The van der Waals surface area contributed by atoms with Gasteiger partial charge < -0.3 is 9.84 Å². The normalized spacial score (nSPS) is 15.6. The molecule has 2 aromatic carbocycles. The first-order chi connectivity index (χ1) is 14.1. The van der Waals surface area contributed by atoms with Gasteiger partial charge in [0.25, 0.3) is 0 Å². The molecule has 0 aliphatic heterocycles. The van der Waals surface area contributed by atoms with Gasteiger partial charge in [0, 0.05) is 12.4 Å². The summed E-state index contributed by atoms with van der Waals surface area (Å²) in [5.74, 6) is 1.31. The summed E-state index contributed by atoms with van der Waals surface area (Å²) >= 11 is 0. The van der Waals surface area contributed by atoms with Gasteiger partial charge in [-0.2, -0.15) is 0 Å². The van der Waals surface area contributed by atoms with Gasteiger partial charge in [-0.3, -0.25) is 4.98 Å². The van der Waals surface area contributed by atoms with Gasteiger partial charge in [-0.1, -0.05) is 24.3 Å². The fourth-order valence-corrected chi connectivity index (χ4v) is 4.22. The van der Waals surface area contributed by atoms with E-state index in [2.05, 4.69) is 23.2 Å². The summed E-state index contributed by atoms with van der Waals surface area (Å²) in [6.07, 6.45) is 8.21. The number of nitrogens with zero attached hydrogens (tertiary/aromatic N) is 1. The molecule has 148 valence electrons. The number of rotatable bonds is 6. The smallest absolute Gasteiger partial charge is 0.336 e. The zero-order chi connectivity index (χ0) is 20.2. The highest BCUT2D eigenvalue weighted by atomic mass is 16.5. The zero-order valence-electron chi connectivity index (χ0n) is 16.6. The lowest BCUT2D eigenvalue weighted by atomic mass is 9.79. The van der Waals surface area contributed by atoms with Crippen molar-refractivity contribution in [1.29, 1.82) is 0 Å². The van der Waals surface area contributed by atoms with Gasteiger partial charge in [0.15, 0.2) is 0 Å². The Kier molecular flexibility index (Phi) is 5.61. The van der Waals surface area contributed by atoms with Crippen molar-refractivity contribution in [2.75, 3.05) is 0 Å². The standard InChI is InChI=1S/C25H25NO3/c1-17-5-2-3-8-24(17)29-21-11-12-22-18(6-4-7-19(22)15-21)9-10-20-16-26-14-13-23(20)25(27)28/h2-3,5,8,11-16,18H,4,6-7,9-10H2,1H3,(H,27,28). The number of pyridine rings is 1. The van der Waals surface area contributed by atoms with E-state index in [-0.39, 0.29) is 0 Å². The number of aromatic nitrogens is 1. The Bertz CT molecular complexity index is 1030. The summed E-state index contributed by atoms with van der Waals surface area (Å²) in [6.45, 7) is 2.05. The largest absolute Gasteiger partial charge is 0.478 e. The minimum Gasteiger partial charge on any atom is -0.478 e. The molecule has 1 N–H and O–H groups in total. The molecule has 1 heterocycles. The van der Waals surface area contributed by atoms with Crippen molar-refractivity contribution >= 4 is 5.97 Å². The maximum Gasteiger partial charge on any atom is 0.336 e. The molecule has 1 aliphatic carbocycles. The van der Waals surface area contributed by atoms with E-state index in [4.69, 9.17) is 4.74 Å². The van der Waals surface area contributed by atoms with Crippen molar-refractivity contribution in [3.05, 3.63) is 88.7 Å². The summed E-state index contributed by atoms with van der Waals surface area (Å²) in [5.41, 5.74) is 5.00. The Morgan fingerprint density at radius 3 is 2.90 bits per heavy atom. The zero-order valence-corrected chi connectivity index (χ0v) is 16.6. The van der Waals surface area contributed by atoms with Crippen LogP contribution in [0, 0.1) is 6.92 Å². The number of benzene rings is 2. The maximum absolute atomic E-state index is 11.4. The van der Waals surface area contributed by atoms with Crippen LogP contribution in [0.15, 0.2) is 60.9 Å². The molecule has 4 nitrogen and oxygen atoms in total. The number of carboxylic acid groups (broad SMARTS) is 1. The fourth-order valence-electron chi connectivity index (χ4n) is 4.22. The van der Waals surface area contributed by atoms with Crippen LogP contribution < -0.4 is 4.74 Å². The number of aromatic carboxylic acids is 1. The highest BCUT2D eigenvalue weighted by molar-refractivity contribution is 5.89. The van der Waals surface area contributed by atoms with Crippen molar-refractivity contribution in [2.45, 2.75) is 44.9 Å². The molecule has 1 atom stereocenters. The number of fused-ring (bicyclic) bond motifs is 1. The van der Waals surface area contributed by atoms with E-state index in [0.29, 0.717) is 11.5 Å². The SMILES string of the molecule is Cc1ccccc1Oc1ccc2c(c1)CCCC2CCc1cnccc1C(=O)O. The second-order valence-electron chi connectivity index (χ2n) is 7.69. The first-order valence-electron chi connectivity index (χ1n) is 10.1. The van der Waals surface area contributed by atoms with Crippen molar-refractivity contribution in [2.24, 2.45) is 0 Å². The highest BCUT2D eigenvalue weighted by Crippen LogP contribution is 2.37. The van der Waals surface area contributed by atoms with Crippen molar-refractivity contribution < 1.29 is 14.6 Å². The molecule has 1 unspecified atom stereocenters. The molecule has 0 spiro atoms. The van der Waals surface area contributed by atoms with Gasteiger partial charge in [-0.25, -0.2) is 4.79 Å². The molecule has 0 bridgehead atoms. The number of hydrogen-bond acceptors (Lipinski definition) is 3. The number of aryl methyl sites for hydroxylation is 3. The van der Waals surface area contributed by atoms with E-state index < -0.39 is 5.97 Å². The molecular formula is C25H25NO3. The Labute approximate surface area is 171 Å². The average Bonchev–Trinajstić information content (AvgIpc) is 2.74. The number of ether oxygens (including phenoxy) is 1. The predicted molar refractivity (Wildman–Crippen MR) is 113 cm³/mol. The molecule has 1 aliphatic rings. The lowest BCUT2D eigenvalue weighted by Gasteiger charge is -2.26. The summed E-state index contributed by atoms with van der Waals surface area (Å²) in [6, 6.07) is 16.0. The second-order valence-corrected chi connectivity index (χ2v) is 7.69. The molecular weight excluding hydrogens is 362 g/mol. The van der Waals surface area contributed by atoms with E-state index >= 15 is 0 Å².